The van der Waals surface area contributed by atoms with Crippen LogP contribution in [0.15, 0.2) is 42.5 Å². The Hall–Kier alpha value is -1.76. The third kappa shape index (κ3) is 1.81. The van der Waals surface area contributed by atoms with Gasteiger partial charge >= 0.3 is 0 Å². The van der Waals surface area contributed by atoms with E-state index in [0.29, 0.717) is 0 Å². The lowest BCUT2D eigenvalue weighted by atomic mass is 9.96. The zero-order chi connectivity index (χ0) is 11.5. The van der Waals surface area contributed by atoms with Gasteiger partial charge in [-0.2, -0.15) is 0 Å². The highest BCUT2D eigenvalue weighted by atomic mass is 14.6. The average molecular weight is 211 g/mol. The van der Waals surface area contributed by atoms with Crippen LogP contribution in [0.4, 0.5) is 5.69 Å². The standard InChI is InChI=1S/C15H17N/c1-3-12-9-10-14(15(16)11(12)2)13-7-5-4-6-8-13/h4-10H,3,16H2,1-2H3. The second kappa shape index (κ2) is 4.40. The highest BCUT2D eigenvalue weighted by Crippen LogP contribution is 2.30. The fourth-order valence-electron chi connectivity index (χ4n) is 2.03. The van der Waals surface area contributed by atoms with Crippen LogP contribution in [0.3, 0.4) is 0 Å². The number of nitrogens with two attached hydrogens (primary N) is 1. The van der Waals surface area contributed by atoms with E-state index in [1.54, 1.807) is 0 Å². The van der Waals surface area contributed by atoms with Crippen LogP contribution in [0.25, 0.3) is 11.1 Å². The molecule has 0 saturated heterocycles. The molecular formula is C15H17N. The Labute approximate surface area is 96.9 Å². The molecule has 0 fully saturated rings. The minimum absolute atomic E-state index is 0.908. The monoisotopic (exact) mass is 211 g/mol. The van der Waals surface area contributed by atoms with Gasteiger partial charge < -0.3 is 5.73 Å². The molecule has 2 N–H and O–H groups in total. The Morgan fingerprint density at radius 2 is 1.69 bits per heavy atom. The molecule has 0 amide bonds. The van der Waals surface area contributed by atoms with Crippen LogP contribution >= 0.6 is 0 Å². The highest BCUT2D eigenvalue weighted by molar-refractivity contribution is 5.79. The highest BCUT2D eigenvalue weighted by Gasteiger charge is 2.07. The summed E-state index contributed by atoms with van der Waals surface area (Å²) in [5.74, 6) is 0. The third-order valence-electron chi connectivity index (χ3n) is 3.09. The maximum absolute atomic E-state index is 6.19. The summed E-state index contributed by atoms with van der Waals surface area (Å²) in [4.78, 5) is 0. The van der Waals surface area contributed by atoms with Gasteiger partial charge in [-0.05, 0) is 30.0 Å². The van der Waals surface area contributed by atoms with Gasteiger partial charge in [-0.15, -0.1) is 0 Å². The van der Waals surface area contributed by atoms with E-state index in [1.165, 1.54) is 16.7 Å². The molecule has 0 aliphatic rings. The number of benzene rings is 2. The number of aryl methyl sites for hydroxylation is 1. The van der Waals surface area contributed by atoms with E-state index in [9.17, 15) is 0 Å². The molecule has 2 rings (SSSR count). The van der Waals surface area contributed by atoms with Gasteiger partial charge in [0.05, 0.1) is 0 Å². The first-order valence-corrected chi connectivity index (χ1v) is 5.67. The molecule has 0 unspecified atom stereocenters. The predicted molar refractivity (Wildman–Crippen MR) is 70.4 cm³/mol. The summed E-state index contributed by atoms with van der Waals surface area (Å²) in [6.07, 6.45) is 1.03. The lowest BCUT2D eigenvalue weighted by Gasteiger charge is -2.12. The molecular weight excluding hydrogens is 194 g/mol. The van der Waals surface area contributed by atoms with Crippen LogP contribution in [0.1, 0.15) is 18.1 Å². The van der Waals surface area contributed by atoms with Crippen molar-refractivity contribution in [3.8, 4) is 11.1 Å². The summed E-state index contributed by atoms with van der Waals surface area (Å²) in [6, 6.07) is 14.6. The summed E-state index contributed by atoms with van der Waals surface area (Å²) >= 11 is 0. The van der Waals surface area contributed by atoms with Gasteiger partial charge in [0.25, 0.3) is 0 Å². The van der Waals surface area contributed by atoms with Crippen LogP contribution in [0, 0.1) is 6.92 Å². The van der Waals surface area contributed by atoms with Crippen molar-refractivity contribution in [2.75, 3.05) is 5.73 Å². The van der Waals surface area contributed by atoms with E-state index in [0.717, 1.165) is 17.7 Å². The molecule has 0 aliphatic carbocycles. The Kier molecular flexibility index (Phi) is 2.95. The van der Waals surface area contributed by atoms with Gasteiger partial charge in [0.15, 0.2) is 0 Å². The quantitative estimate of drug-likeness (QED) is 0.751. The molecule has 0 radical (unpaired) electrons. The Morgan fingerprint density at radius 3 is 2.31 bits per heavy atom. The summed E-state index contributed by atoms with van der Waals surface area (Å²) < 4.78 is 0. The van der Waals surface area contributed by atoms with Crippen molar-refractivity contribution in [3.63, 3.8) is 0 Å². The van der Waals surface area contributed by atoms with Gasteiger partial charge in [0, 0.05) is 11.3 Å². The van der Waals surface area contributed by atoms with E-state index in [-0.39, 0.29) is 0 Å². The SMILES string of the molecule is CCc1ccc(-c2ccccc2)c(N)c1C. The second-order valence-corrected chi connectivity index (χ2v) is 4.03. The topological polar surface area (TPSA) is 26.0 Å². The minimum Gasteiger partial charge on any atom is -0.398 e. The van der Waals surface area contributed by atoms with Crippen molar-refractivity contribution in [2.24, 2.45) is 0 Å². The Balaban J connectivity index is 2.56. The molecule has 16 heavy (non-hydrogen) atoms. The van der Waals surface area contributed by atoms with Crippen LogP contribution < -0.4 is 5.73 Å². The van der Waals surface area contributed by atoms with E-state index < -0.39 is 0 Å². The molecule has 82 valence electrons. The van der Waals surface area contributed by atoms with Gasteiger partial charge in [0.2, 0.25) is 0 Å². The molecule has 2 aromatic carbocycles. The first kappa shape index (κ1) is 10.7. The number of rotatable bonds is 2. The van der Waals surface area contributed by atoms with Crippen LogP contribution in [0.2, 0.25) is 0 Å². The normalized spacial score (nSPS) is 10.4. The van der Waals surface area contributed by atoms with E-state index in [1.807, 2.05) is 18.2 Å². The second-order valence-electron chi connectivity index (χ2n) is 4.03. The number of nitrogen functional groups attached to an aromatic ring is 1. The lowest BCUT2D eigenvalue weighted by Crippen LogP contribution is -1.97. The molecule has 1 nitrogen and oxygen atoms in total. The summed E-state index contributed by atoms with van der Waals surface area (Å²) in [5, 5.41) is 0. The zero-order valence-electron chi connectivity index (χ0n) is 9.83. The summed E-state index contributed by atoms with van der Waals surface area (Å²) in [6.45, 7) is 4.25. The molecule has 0 aliphatic heterocycles. The van der Waals surface area contributed by atoms with Gasteiger partial charge in [-0.25, -0.2) is 0 Å². The van der Waals surface area contributed by atoms with Gasteiger partial charge in [-0.1, -0.05) is 49.4 Å². The molecule has 0 spiro atoms. The third-order valence-corrected chi connectivity index (χ3v) is 3.09. The van der Waals surface area contributed by atoms with E-state index in [4.69, 9.17) is 5.73 Å². The fraction of sp³-hybridized carbons (Fsp3) is 0.200. The van der Waals surface area contributed by atoms with Gasteiger partial charge in [0.1, 0.15) is 0 Å². The van der Waals surface area contributed by atoms with Crippen LogP contribution in [-0.2, 0) is 6.42 Å². The molecule has 1 heteroatoms. The average Bonchev–Trinajstić information content (AvgIpc) is 2.34. The van der Waals surface area contributed by atoms with Crippen LogP contribution in [-0.4, -0.2) is 0 Å². The number of anilines is 1. The minimum atomic E-state index is 0.908. The Bertz CT molecular complexity index is 486. The van der Waals surface area contributed by atoms with Crippen molar-refractivity contribution in [2.45, 2.75) is 20.3 Å². The van der Waals surface area contributed by atoms with E-state index >= 15 is 0 Å². The lowest BCUT2D eigenvalue weighted by molar-refractivity contribution is 1.11. The zero-order valence-corrected chi connectivity index (χ0v) is 9.83. The summed E-state index contributed by atoms with van der Waals surface area (Å²) in [7, 11) is 0. The smallest absolute Gasteiger partial charge is 0.0426 e. The molecule has 2 aromatic rings. The number of hydrogen-bond acceptors (Lipinski definition) is 1. The fourth-order valence-corrected chi connectivity index (χ4v) is 2.03. The van der Waals surface area contributed by atoms with Crippen molar-refractivity contribution in [3.05, 3.63) is 53.6 Å². The number of hydrogen-bond donors (Lipinski definition) is 1. The predicted octanol–water partition coefficient (Wildman–Crippen LogP) is 3.81. The first-order chi connectivity index (χ1) is 7.74. The van der Waals surface area contributed by atoms with E-state index in [2.05, 4.69) is 38.1 Å². The maximum Gasteiger partial charge on any atom is 0.0426 e. The van der Waals surface area contributed by atoms with Crippen LogP contribution in [0.5, 0.6) is 0 Å². The van der Waals surface area contributed by atoms with Crippen molar-refractivity contribution in [1.29, 1.82) is 0 Å². The summed E-state index contributed by atoms with van der Waals surface area (Å²) in [5.41, 5.74) is 12.0. The van der Waals surface area contributed by atoms with Crippen molar-refractivity contribution < 1.29 is 0 Å². The molecule has 0 atom stereocenters. The van der Waals surface area contributed by atoms with Crippen molar-refractivity contribution >= 4 is 5.69 Å². The first-order valence-electron chi connectivity index (χ1n) is 5.67. The largest absolute Gasteiger partial charge is 0.398 e. The molecule has 0 saturated carbocycles. The van der Waals surface area contributed by atoms with Gasteiger partial charge in [-0.3, -0.25) is 0 Å². The maximum atomic E-state index is 6.19. The molecule has 0 aromatic heterocycles. The molecule has 0 bridgehead atoms. The Morgan fingerprint density at radius 1 is 1.00 bits per heavy atom. The van der Waals surface area contributed by atoms with Crippen molar-refractivity contribution in [1.82, 2.24) is 0 Å². The molecule has 0 heterocycles.